The van der Waals surface area contributed by atoms with Crippen LogP contribution in [0.25, 0.3) is 0 Å². The minimum absolute atomic E-state index is 0. The molecule has 0 unspecified atom stereocenters. The van der Waals surface area contributed by atoms with Gasteiger partial charge in [0.15, 0.2) is 0 Å². The molecular weight excluding hydrogens is 322 g/mol. The summed E-state index contributed by atoms with van der Waals surface area (Å²) in [5.74, 6) is 0.495. The van der Waals surface area contributed by atoms with Gasteiger partial charge in [-0.1, -0.05) is 27.7 Å². The predicted molar refractivity (Wildman–Crippen MR) is 51.3 cm³/mol. The number of nitrogens with two attached hydrogens (primary N) is 1. The molecule has 3 heteroatoms. The Bertz CT molecular complexity index is 128. The van der Waals surface area contributed by atoms with Crippen molar-refractivity contribution in [3.63, 3.8) is 0 Å². The van der Waals surface area contributed by atoms with Gasteiger partial charge in [-0.25, -0.2) is 0 Å². The number of hydrogen-bond donors (Lipinski definition) is 1. The Hall–Kier alpha value is -0.128. The molecule has 0 amide bonds. The van der Waals surface area contributed by atoms with E-state index in [1.54, 1.807) is 0 Å². The molecule has 0 aliphatic heterocycles. The molecule has 0 aromatic carbocycles. The third-order valence-corrected chi connectivity index (χ3v) is 1.18. The van der Waals surface area contributed by atoms with E-state index in [0.717, 1.165) is 5.71 Å². The first kappa shape index (κ1) is 17.8. The fourth-order valence-corrected chi connectivity index (χ4v) is 0.288. The van der Waals surface area contributed by atoms with Gasteiger partial charge in [-0.15, -0.1) is 6.20 Å². The van der Waals surface area contributed by atoms with E-state index >= 15 is 0 Å². The summed E-state index contributed by atoms with van der Waals surface area (Å²) in [5.41, 5.74) is 6.04. The van der Waals surface area contributed by atoms with Gasteiger partial charge < -0.3 is 16.9 Å². The van der Waals surface area contributed by atoms with Gasteiger partial charge in [0, 0.05) is 26.1 Å². The molecule has 0 saturated carbocycles. The third-order valence-electron chi connectivity index (χ3n) is 1.18. The molecule has 2 N–H and O–H groups in total. The minimum atomic E-state index is 0. The van der Waals surface area contributed by atoms with Gasteiger partial charge in [0.05, 0.1) is 0 Å². The van der Waals surface area contributed by atoms with Crippen LogP contribution in [-0.2, 0) is 20.4 Å². The Morgan fingerprint density at radius 3 is 2.08 bits per heavy atom. The van der Waals surface area contributed by atoms with Crippen molar-refractivity contribution in [2.75, 3.05) is 0 Å². The van der Waals surface area contributed by atoms with E-state index in [-0.39, 0.29) is 20.4 Å². The van der Waals surface area contributed by atoms with E-state index in [1.165, 1.54) is 6.20 Å². The van der Waals surface area contributed by atoms with Crippen LogP contribution in [0.15, 0.2) is 11.2 Å². The largest absolute Gasteiger partial charge is 0.579 e. The molecule has 0 saturated heterocycles. The number of nitrogens with zero attached hydrogens (tertiary/aromatic N) is 1. The molecule has 0 rings (SSSR count). The summed E-state index contributed by atoms with van der Waals surface area (Å²) in [6.07, 6.45) is 3.82. The van der Waals surface area contributed by atoms with Gasteiger partial charge in [0.2, 0.25) is 0 Å². The van der Waals surface area contributed by atoms with Crippen LogP contribution in [0, 0.1) is 12.1 Å². The van der Waals surface area contributed by atoms with Gasteiger partial charge in [0.1, 0.15) is 0 Å². The molecule has 73 valence electrons. The van der Waals surface area contributed by atoms with Gasteiger partial charge in [-0.3, -0.25) is 0 Å². The summed E-state index contributed by atoms with van der Waals surface area (Å²) in [6, 6.07) is 0. The molecule has 0 bridgehead atoms. The Morgan fingerprint density at radius 1 is 1.42 bits per heavy atom. The van der Waals surface area contributed by atoms with Crippen molar-refractivity contribution in [2.24, 2.45) is 16.6 Å². The van der Waals surface area contributed by atoms with E-state index in [2.05, 4.69) is 25.0 Å². The van der Waals surface area contributed by atoms with Crippen LogP contribution in [0.3, 0.4) is 0 Å². The summed E-state index contributed by atoms with van der Waals surface area (Å²) in [7, 11) is 0. The molecule has 0 aromatic rings. The smallest absolute Gasteiger partial charge is 0.0139 e. The fraction of sp³-hybridized carbons (Fsp3) is 0.667. The first-order chi connectivity index (χ1) is 5.18. The fourth-order valence-electron chi connectivity index (χ4n) is 0.288. The second kappa shape index (κ2) is 13.5. The number of aliphatic imine (C=N–C) groups is 1. The van der Waals surface area contributed by atoms with Crippen molar-refractivity contribution in [3.05, 3.63) is 12.4 Å². The molecule has 0 fully saturated rings. The predicted octanol–water partition coefficient (Wildman–Crippen LogP) is 2.36. The minimum Gasteiger partial charge on any atom is -0.579 e. The van der Waals surface area contributed by atoms with E-state index in [0.29, 0.717) is 5.92 Å². The molecule has 12 heavy (non-hydrogen) atoms. The molecule has 0 atom stereocenters. The molecule has 0 aliphatic carbocycles. The maximum absolute atomic E-state index is 4.96. The van der Waals surface area contributed by atoms with Gasteiger partial charge in [0.25, 0.3) is 0 Å². The second-order valence-corrected chi connectivity index (χ2v) is 2.22. The molecule has 0 aromatic heterocycles. The molecule has 0 heterocycles. The standard InChI is InChI=1S/C7H13N2.C2H6.Re/c1-6(2)7(3)9-5-4-8;1-2;/h5-6H,8H2,1-3H3;1-2H3;/q-1;;. The van der Waals surface area contributed by atoms with E-state index in [4.69, 9.17) is 5.73 Å². The van der Waals surface area contributed by atoms with Crippen LogP contribution in [0.2, 0.25) is 0 Å². The van der Waals surface area contributed by atoms with Gasteiger partial charge in [-0.05, 0) is 12.8 Å². The van der Waals surface area contributed by atoms with Crippen LogP contribution in [0.4, 0.5) is 0 Å². The van der Waals surface area contributed by atoms with Crippen molar-refractivity contribution in [3.8, 4) is 0 Å². The van der Waals surface area contributed by atoms with Crippen molar-refractivity contribution in [2.45, 2.75) is 34.6 Å². The summed E-state index contributed by atoms with van der Waals surface area (Å²) >= 11 is 0. The van der Waals surface area contributed by atoms with E-state index in [1.807, 2.05) is 20.8 Å². The van der Waals surface area contributed by atoms with Crippen molar-refractivity contribution >= 4 is 5.71 Å². The summed E-state index contributed by atoms with van der Waals surface area (Å²) in [4.78, 5) is 4.00. The zero-order valence-corrected chi connectivity index (χ0v) is 11.3. The third kappa shape index (κ3) is 12.5. The average Bonchev–Trinajstić information content (AvgIpc) is 2.03. The maximum atomic E-state index is 4.96. The quantitative estimate of drug-likeness (QED) is 0.467. The van der Waals surface area contributed by atoms with Crippen LogP contribution in [-0.4, -0.2) is 5.71 Å². The topological polar surface area (TPSA) is 38.4 Å². The number of hydrogen-bond acceptors (Lipinski definition) is 2. The molecule has 0 aliphatic rings. The van der Waals surface area contributed by atoms with Gasteiger partial charge >= 0.3 is 0 Å². The number of rotatable bonds is 2. The van der Waals surface area contributed by atoms with Crippen LogP contribution in [0.5, 0.6) is 0 Å². The maximum Gasteiger partial charge on any atom is 0.0139 e. The average molecular weight is 341 g/mol. The summed E-state index contributed by atoms with van der Waals surface area (Å²) in [5, 5.41) is 0. The Kier molecular flexibility index (Phi) is 20.0. The summed E-state index contributed by atoms with van der Waals surface area (Å²) in [6.45, 7) is 10.1. The molecule has 2 nitrogen and oxygen atoms in total. The Labute approximate surface area is 90.0 Å². The zero-order valence-electron chi connectivity index (χ0n) is 8.56. The zero-order chi connectivity index (χ0) is 9.28. The van der Waals surface area contributed by atoms with E-state index < -0.39 is 0 Å². The molecular formula is C9H19N2Re-. The first-order valence-electron chi connectivity index (χ1n) is 4.00. The van der Waals surface area contributed by atoms with Crippen molar-refractivity contribution in [1.82, 2.24) is 0 Å². The Balaban J connectivity index is -0.000000249. The SMILES string of the molecule is CC.CC(=NC=[C-]N)C(C)C.[Re]. The molecule has 0 spiro atoms. The van der Waals surface area contributed by atoms with Gasteiger partial charge in [-0.2, -0.15) is 0 Å². The van der Waals surface area contributed by atoms with E-state index in [9.17, 15) is 0 Å². The van der Waals surface area contributed by atoms with Crippen molar-refractivity contribution < 1.29 is 20.4 Å². The molecule has 1 radical (unpaired) electrons. The Morgan fingerprint density at radius 2 is 1.83 bits per heavy atom. The summed E-state index contributed by atoms with van der Waals surface area (Å²) < 4.78 is 0. The van der Waals surface area contributed by atoms with Crippen LogP contribution < -0.4 is 5.73 Å². The van der Waals surface area contributed by atoms with Crippen LogP contribution >= 0.6 is 0 Å². The second-order valence-electron chi connectivity index (χ2n) is 2.22. The first-order valence-corrected chi connectivity index (χ1v) is 4.00. The van der Waals surface area contributed by atoms with Crippen molar-refractivity contribution in [1.29, 1.82) is 0 Å². The van der Waals surface area contributed by atoms with Crippen LogP contribution in [0.1, 0.15) is 34.6 Å². The normalized spacial score (nSPS) is 10.7. The monoisotopic (exact) mass is 342 g/mol.